The van der Waals surface area contributed by atoms with Crippen molar-refractivity contribution in [3.8, 4) is 5.75 Å². The van der Waals surface area contributed by atoms with Crippen LogP contribution in [0.2, 0.25) is 0 Å². The molecule has 0 saturated carbocycles. The van der Waals surface area contributed by atoms with Crippen LogP contribution in [0.15, 0.2) is 41.3 Å². The van der Waals surface area contributed by atoms with E-state index in [0.29, 0.717) is 17.1 Å². The number of nitrogens with two attached hydrogens (primary N) is 1. The Labute approximate surface area is 153 Å². The lowest BCUT2D eigenvalue weighted by Crippen LogP contribution is -2.23. The summed E-state index contributed by atoms with van der Waals surface area (Å²) in [4.78, 5) is 13.9. The molecule has 0 saturated heterocycles. The molecule has 0 unspecified atom stereocenters. The zero-order chi connectivity index (χ0) is 19.5. The summed E-state index contributed by atoms with van der Waals surface area (Å²) in [6.45, 7) is 3.76. The number of carbonyl (C=O) groups is 1. The fourth-order valence-electron chi connectivity index (χ4n) is 2.32. The van der Waals surface area contributed by atoms with E-state index in [1.54, 1.807) is 31.1 Å². The van der Waals surface area contributed by atoms with E-state index in [4.69, 9.17) is 9.88 Å². The van der Waals surface area contributed by atoms with E-state index >= 15 is 0 Å². The van der Waals surface area contributed by atoms with Crippen LogP contribution in [0.4, 0.5) is 11.4 Å². The van der Waals surface area contributed by atoms with Gasteiger partial charge < -0.3 is 15.0 Å². The van der Waals surface area contributed by atoms with E-state index in [-0.39, 0.29) is 11.5 Å². The molecule has 0 spiro atoms. The molecule has 0 heterocycles. The smallest absolute Gasteiger partial charge is 0.262 e. The lowest BCUT2D eigenvalue weighted by Gasteiger charge is -2.19. The molecule has 2 aromatic rings. The largest absolute Gasteiger partial charge is 0.484 e. The fourth-order valence-corrected chi connectivity index (χ4v) is 2.86. The predicted octanol–water partition coefficient (Wildman–Crippen LogP) is 2.03. The first-order chi connectivity index (χ1) is 12.1. The SMILES string of the molecule is Cc1ccc(OCC(=O)Nc2cc(S(N)(=O)=O)ccc2N(C)C)cc1C. The maximum absolute atomic E-state index is 12.2. The van der Waals surface area contributed by atoms with Gasteiger partial charge in [0.2, 0.25) is 10.0 Å². The minimum absolute atomic E-state index is 0.0755. The first kappa shape index (κ1) is 19.7. The number of rotatable bonds is 6. The molecule has 140 valence electrons. The molecular weight excluding hydrogens is 354 g/mol. The first-order valence-electron chi connectivity index (χ1n) is 7.92. The number of aryl methyl sites for hydroxylation is 2. The van der Waals surface area contributed by atoms with E-state index in [1.165, 1.54) is 12.1 Å². The molecule has 0 fully saturated rings. The monoisotopic (exact) mass is 377 g/mol. The second-order valence-electron chi connectivity index (χ2n) is 6.20. The van der Waals surface area contributed by atoms with E-state index in [0.717, 1.165) is 11.1 Å². The number of amides is 1. The van der Waals surface area contributed by atoms with E-state index < -0.39 is 15.9 Å². The molecule has 3 N–H and O–H groups in total. The lowest BCUT2D eigenvalue weighted by atomic mass is 10.1. The Morgan fingerprint density at radius 1 is 1.12 bits per heavy atom. The number of hydrogen-bond acceptors (Lipinski definition) is 5. The molecular formula is C18H23N3O4S. The zero-order valence-electron chi connectivity index (χ0n) is 15.2. The van der Waals surface area contributed by atoms with E-state index in [2.05, 4.69) is 5.32 Å². The van der Waals surface area contributed by atoms with Crippen LogP contribution in [-0.2, 0) is 14.8 Å². The van der Waals surface area contributed by atoms with Crippen molar-refractivity contribution in [1.29, 1.82) is 0 Å². The molecule has 1 amide bonds. The minimum atomic E-state index is -3.87. The number of primary sulfonamides is 1. The van der Waals surface area contributed by atoms with Crippen LogP contribution in [0, 0.1) is 13.8 Å². The summed E-state index contributed by atoms with van der Waals surface area (Å²) in [7, 11) is -0.299. The van der Waals surface area contributed by atoms with Gasteiger partial charge in [0.25, 0.3) is 5.91 Å². The van der Waals surface area contributed by atoms with Crippen molar-refractivity contribution >= 4 is 27.3 Å². The topological polar surface area (TPSA) is 102 Å². The van der Waals surface area contributed by atoms with Crippen molar-refractivity contribution in [2.75, 3.05) is 30.9 Å². The second-order valence-corrected chi connectivity index (χ2v) is 7.76. The van der Waals surface area contributed by atoms with Crippen LogP contribution < -0.4 is 20.1 Å². The second kappa shape index (κ2) is 7.76. The Balaban J connectivity index is 2.15. The average Bonchev–Trinajstić information content (AvgIpc) is 2.55. The Bertz CT molecular complexity index is 924. The average molecular weight is 377 g/mol. The fraction of sp³-hybridized carbons (Fsp3) is 0.278. The maximum atomic E-state index is 12.2. The molecule has 2 rings (SSSR count). The molecule has 2 aromatic carbocycles. The Hall–Kier alpha value is -2.58. The highest BCUT2D eigenvalue weighted by Crippen LogP contribution is 2.27. The highest BCUT2D eigenvalue weighted by Gasteiger charge is 2.15. The van der Waals surface area contributed by atoms with Gasteiger partial charge >= 0.3 is 0 Å². The summed E-state index contributed by atoms with van der Waals surface area (Å²) in [6, 6.07) is 9.88. The summed E-state index contributed by atoms with van der Waals surface area (Å²) in [5.74, 6) is 0.187. The quantitative estimate of drug-likeness (QED) is 0.802. The van der Waals surface area contributed by atoms with E-state index in [9.17, 15) is 13.2 Å². The highest BCUT2D eigenvalue weighted by molar-refractivity contribution is 7.89. The summed E-state index contributed by atoms with van der Waals surface area (Å²) < 4.78 is 28.6. The van der Waals surface area contributed by atoms with Gasteiger partial charge in [-0.25, -0.2) is 13.6 Å². The lowest BCUT2D eigenvalue weighted by molar-refractivity contribution is -0.118. The summed E-state index contributed by atoms with van der Waals surface area (Å²) in [5.41, 5.74) is 3.20. The van der Waals surface area contributed by atoms with Crippen LogP contribution >= 0.6 is 0 Å². The Morgan fingerprint density at radius 2 is 1.81 bits per heavy atom. The number of ether oxygens (including phenoxy) is 1. The van der Waals surface area contributed by atoms with Gasteiger partial charge in [-0.05, 0) is 55.3 Å². The van der Waals surface area contributed by atoms with Crippen LogP contribution in [0.25, 0.3) is 0 Å². The number of anilines is 2. The van der Waals surface area contributed by atoms with E-state index in [1.807, 2.05) is 26.0 Å². The molecule has 26 heavy (non-hydrogen) atoms. The zero-order valence-corrected chi connectivity index (χ0v) is 16.1. The van der Waals surface area contributed by atoms with Crippen molar-refractivity contribution in [3.05, 3.63) is 47.5 Å². The molecule has 0 atom stereocenters. The van der Waals surface area contributed by atoms with Gasteiger partial charge in [0, 0.05) is 14.1 Å². The van der Waals surface area contributed by atoms with Gasteiger partial charge in [0.05, 0.1) is 16.3 Å². The summed E-state index contributed by atoms with van der Waals surface area (Å²) in [6.07, 6.45) is 0. The van der Waals surface area contributed by atoms with Gasteiger partial charge in [-0.1, -0.05) is 6.07 Å². The van der Waals surface area contributed by atoms with Gasteiger partial charge in [0.15, 0.2) is 6.61 Å². The molecule has 7 nitrogen and oxygen atoms in total. The predicted molar refractivity (Wildman–Crippen MR) is 102 cm³/mol. The number of nitrogens with zero attached hydrogens (tertiary/aromatic N) is 1. The summed E-state index contributed by atoms with van der Waals surface area (Å²) >= 11 is 0. The van der Waals surface area contributed by atoms with Crippen molar-refractivity contribution in [3.63, 3.8) is 0 Å². The Kier molecular flexibility index (Phi) is 5.89. The third kappa shape index (κ3) is 4.96. The van der Waals surface area contributed by atoms with Crippen LogP contribution in [0.3, 0.4) is 0 Å². The van der Waals surface area contributed by atoms with Crippen molar-refractivity contribution < 1.29 is 17.9 Å². The molecule has 0 aliphatic heterocycles. The maximum Gasteiger partial charge on any atom is 0.262 e. The number of benzene rings is 2. The van der Waals surface area contributed by atoms with Crippen LogP contribution in [-0.4, -0.2) is 35.0 Å². The number of carbonyl (C=O) groups excluding carboxylic acids is 1. The van der Waals surface area contributed by atoms with Crippen molar-refractivity contribution in [2.24, 2.45) is 5.14 Å². The number of nitrogens with one attached hydrogen (secondary N) is 1. The van der Waals surface area contributed by atoms with Crippen LogP contribution in [0.5, 0.6) is 5.75 Å². The molecule has 0 aliphatic rings. The summed E-state index contributed by atoms with van der Waals surface area (Å²) in [5, 5.41) is 7.84. The number of hydrogen-bond donors (Lipinski definition) is 2. The molecule has 0 aromatic heterocycles. The molecule has 0 bridgehead atoms. The standard InChI is InChI=1S/C18H23N3O4S/c1-12-5-6-14(9-13(12)2)25-11-18(22)20-16-10-15(26(19,23)24)7-8-17(16)21(3)4/h5-10H,11H2,1-4H3,(H,20,22)(H2,19,23,24). The van der Waals surface area contributed by atoms with Crippen LogP contribution in [0.1, 0.15) is 11.1 Å². The first-order valence-corrected chi connectivity index (χ1v) is 9.46. The van der Waals surface area contributed by atoms with Crippen molar-refractivity contribution in [1.82, 2.24) is 0 Å². The van der Waals surface area contributed by atoms with Gasteiger partial charge in [-0.3, -0.25) is 4.79 Å². The Morgan fingerprint density at radius 3 is 2.38 bits per heavy atom. The molecule has 0 radical (unpaired) electrons. The van der Waals surface area contributed by atoms with Crippen molar-refractivity contribution in [2.45, 2.75) is 18.7 Å². The van der Waals surface area contributed by atoms with Gasteiger partial charge in [-0.2, -0.15) is 0 Å². The third-order valence-corrected chi connectivity index (χ3v) is 4.81. The molecule has 0 aliphatic carbocycles. The van der Waals surface area contributed by atoms with Gasteiger partial charge in [-0.15, -0.1) is 0 Å². The third-order valence-electron chi connectivity index (χ3n) is 3.90. The molecule has 8 heteroatoms. The minimum Gasteiger partial charge on any atom is -0.484 e. The normalized spacial score (nSPS) is 11.1. The van der Waals surface area contributed by atoms with Gasteiger partial charge in [0.1, 0.15) is 5.75 Å². The number of sulfonamides is 1. The highest BCUT2D eigenvalue weighted by atomic mass is 32.2.